The lowest BCUT2D eigenvalue weighted by atomic mass is 10.1. The highest BCUT2D eigenvalue weighted by Gasteiger charge is 2.28. The van der Waals surface area contributed by atoms with E-state index in [-0.39, 0.29) is 0 Å². The van der Waals surface area contributed by atoms with E-state index < -0.39 is 0 Å². The third-order valence-corrected chi connectivity index (χ3v) is 5.35. The van der Waals surface area contributed by atoms with Crippen LogP contribution in [0.15, 0.2) is 6.20 Å². The highest BCUT2D eigenvalue weighted by Crippen LogP contribution is 2.28. The molecule has 0 bridgehead atoms. The van der Waals surface area contributed by atoms with Gasteiger partial charge in [0.2, 0.25) is 0 Å². The third-order valence-electron chi connectivity index (χ3n) is 4.31. The van der Waals surface area contributed by atoms with Crippen LogP contribution in [-0.4, -0.2) is 55.3 Å². The van der Waals surface area contributed by atoms with Crippen LogP contribution in [-0.2, 0) is 11.3 Å². The van der Waals surface area contributed by atoms with Crippen LogP contribution in [0.4, 0.5) is 5.13 Å². The number of aromatic nitrogens is 1. The molecule has 0 aliphatic carbocycles. The number of rotatable bonds is 4. The summed E-state index contributed by atoms with van der Waals surface area (Å²) in [6, 6.07) is 0.637. The van der Waals surface area contributed by atoms with Crippen LogP contribution in [0.5, 0.6) is 0 Å². The van der Waals surface area contributed by atoms with Gasteiger partial charge in [-0.2, -0.15) is 0 Å². The number of hydrogen-bond donors (Lipinski definition) is 1. The maximum atomic E-state index is 5.80. The van der Waals surface area contributed by atoms with E-state index in [1.807, 2.05) is 17.5 Å². The van der Waals surface area contributed by atoms with Gasteiger partial charge in [0, 0.05) is 43.3 Å². The molecule has 0 radical (unpaired) electrons. The van der Waals surface area contributed by atoms with Crippen molar-refractivity contribution >= 4 is 16.5 Å². The minimum atomic E-state index is 0.637. The largest absolute Gasteiger partial charge is 0.378 e. The molecule has 0 saturated carbocycles. The van der Waals surface area contributed by atoms with Crippen molar-refractivity contribution in [3.63, 3.8) is 0 Å². The quantitative estimate of drug-likeness (QED) is 0.903. The molecule has 3 heterocycles. The third kappa shape index (κ3) is 3.14. The number of thiazole rings is 1. The van der Waals surface area contributed by atoms with Gasteiger partial charge in [-0.1, -0.05) is 0 Å². The summed E-state index contributed by atoms with van der Waals surface area (Å²) in [6.45, 7) is 8.81. The molecule has 2 aliphatic heterocycles. The minimum Gasteiger partial charge on any atom is -0.378 e. The Morgan fingerprint density at radius 2 is 2.25 bits per heavy atom. The first kappa shape index (κ1) is 14.3. The Morgan fingerprint density at radius 1 is 1.45 bits per heavy atom. The zero-order chi connectivity index (χ0) is 13.9. The highest BCUT2D eigenvalue weighted by atomic mass is 32.1. The van der Waals surface area contributed by atoms with Gasteiger partial charge < -0.3 is 15.4 Å². The number of nitrogens with two attached hydrogens (primary N) is 1. The van der Waals surface area contributed by atoms with E-state index >= 15 is 0 Å². The van der Waals surface area contributed by atoms with Crippen molar-refractivity contribution in [2.24, 2.45) is 11.7 Å². The van der Waals surface area contributed by atoms with Crippen molar-refractivity contribution in [2.75, 3.05) is 44.3 Å². The predicted molar refractivity (Wildman–Crippen MR) is 82.2 cm³/mol. The molecule has 20 heavy (non-hydrogen) atoms. The molecule has 2 aliphatic rings. The van der Waals surface area contributed by atoms with Gasteiger partial charge in [-0.05, 0) is 25.8 Å². The van der Waals surface area contributed by atoms with Crippen LogP contribution >= 0.6 is 11.3 Å². The van der Waals surface area contributed by atoms with Crippen molar-refractivity contribution in [2.45, 2.75) is 25.9 Å². The Kier molecular flexibility index (Phi) is 4.55. The zero-order valence-corrected chi connectivity index (χ0v) is 12.9. The summed E-state index contributed by atoms with van der Waals surface area (Å²) < 4.78 is 5.39. The van der Waals surface area contributed by atoms with Crippen molar-refractivity contribution < 1.29 is 4.74 Å². The van der Waals surface area contributed by atoms with E-state index in [9.17, 15) is 0 Å². The monoisotopic (exact) mass is 296 g/mol. The predicted octanol–water partition coefficient (Wildman–Crippen LogP) is 1.15. The summed E-state index contributed by atoms with van der Waals surface area (Å²) in [4.78, 5) is 10.8. The van der Waals surface area contributed by atoms with Crippen LogP contribution in [0, 0.1) is 5.92 Å². The molecule has 5 nitrogen and oxygen atoms in total. The Morgan fingerprint density at radius 3 is 2.95 bits per heavy atom. The summed E-state index contributed by atoms with van der Waals surface area (Å²) in [5, 5.41) is 1.14. The smallest absolute Gasteiger partial charge is 0.185 e. The summed E-state index contributed by atoms with van der Waals surface area (Å²) in [5.41, 5.74) is 5.80. The molecule has 2 N–H and O–H groups in total. The van der Waals surface area contributed by atoms with Gasteiger partial charge in [-0.3, -0.25) is 4.90 Å². The van der Waals surface area contributed by atoms with E-state index in [2.05, 4.69) is 21.7 Å². The summed E-state index contributed by atoms with van der Waals surface area (Å²) in [6.07, 6.45) is 3.27. The number of nitrogens with zero attached hydrogens (tertiary/aromatic N) is 3. The normalized spacial score (nSPS) is 28.2. The fourth-order valence-electron chi connectivity index (χ4n) is 3.08. The molecule has 1 aromatic rings. The average molecular weight is 296 g/mol. The SMILES string of the molecule is CC1CC(CN)CN1Cc1cnc(N2CCOCC2)s1. The molecule has 2 unspecified atom stereocenters. The first-order chi connectivity index (χ1) is 9.76. The number of hydrogen-bond acceptors (Lipinski definition) is 6. The molecule has 6 heteroatoms. The van der Waals surface area contributed by atoms with Crippen LogP contribution < -0.4 is 10.6 Å². The van der Waals surface area contributed by atoms with Gasteiger partial charge in [0.25, 0.3) is 0 Å². The zero-order valence-electron chi connectivity index (χ0n) is 12.1. The first-order valence-electron chi connectivity index (χ1n) is 7.47. The van der Waals surface area contributed by atoms with Crippen molar-refractivity contribution in [3.05, 3.63) is 11.1 Å². The molecule has 2 fully saturated rings. The Hall–Kier alpha value is -0.690. The van der Waals surface area contributed by atoms with E-state index in [0.717, 1.165) is 51.1 Å². The standard InChI is InChI=1S/C14H24N4OS/c1-11-6-12(7-15)9-18(11)10-13-8-16-14(20-13)17-2-4-19-5-3-17/h8,11-12H,2-7,9-10,15H2,1H3. The minimum absolute atomic E-state index is 0.637. The molecule has 2 saturated heterocycles. The lowest BCUT2D eigenvalue weighted by molar-refractivity contribution is 0.122. The number of morpholine rings is 1. The van der Waals surface area contributed by atoms with Crippen molar-refractivity contribution in [3.8, 4) is 0 Å². The fourth-order valence-corrected chi connectivity index (χ4v) is 4.07. The molecular weight excluding hydrogens is 272 g/mol. The van der Waals surface area contributed by atoms with Crippen LogP contribution in [0.1, 0.15) is 18.2 Å². The van der Waals surface area contributed by atoms with Crippen molar-refractivity contribution in [1.82, 2.24) is 9.88 Å². The molecule has 112 valence electrons. The van der Waals surface area contributed by atoms with Gasteiger partial charge in [0.1, 0.15) is 0 Å². The summed E-state index contributed by atoms with van der Waals surface area (Å²) in [5.74, 6) is 0.664. The van der Waals surface area contributed by atoms with Crippen LogP contribution in [0.25, 0.3) is 0 Å². The molecule has 1 aromatic heterocycles. The first-order valence-corrected chi connectivity index (χ1v) is 8.29. The van der Waals surface area contributed by atoms with E-state index in [1.165, 1.54) is 11.3 Å². The fraction of sp³-hybridized carbons (Fsp3) is 0.786. The second kappa shape index (κ2) is 6.39. The molecule has 0 aromatic carbocycles. The van der Waals surface area contributed by atoms with Crippen LogP contribution in [0.3, 0.4) is 0 Å². The molecule has 3 rings (SSSR count). The van der Waals surface area contributed by atoms with Gasteiger partial charge in [0.05, 0.1) is 13.2 Å². The summed E-state index contributed by atoms with van der Waals surface area (Å²) >= 11 is 1.82. The maximum absolute atomic E-state index is 5.80. The topological polar surface area (TPSA) is 54.6 Å². The molecular formula is C14H24N4OS. The second-order valence-corrected chi connectivity index (χ2v) is 6.92. The number of anilines is 1. The second-order valence-electron chi connectivity index (χ2n) is 5.82. The number of likely N-dealkylation sites (tertiary alicyclic amines) is 1. The van der Waals surface area contributed by atoms with E-state index in [4.69, 9.17) is 10.5 Å². The van der Waals surface area contributed by atoms with Gasteiger partial charge in [-0.25, -0.2) is 4.98 Å². The van der Waals surface area contributed by atoms with Gasteiger partial charge in [-0.15, -0.1) is 11.3 Å². The molecule has 0 amide bonds. The Balaban J connectivity index is 1.59. The van der Waals surface area contributed by atoms with E-state index in [0.29, 0.717) is 12.0 Å². The lowest BCUT2D eigenvalue weighted by Gasteiger charge is -2.26. The average Bonchev–Trinajstić information content (AvgIpc) is 3.08. The van der Waals surface area contributed by atoms with Gasteiger partial charge >= 0.3 is 0 Å². The maximum Gasteiger partial charge on any atom is 0.185 e. The molecule has 2 atom stereocenters. The van der Waals surface area contributed by atoms with Gasteiger partial charge in [0.15, 0.2) is 5.13 Å². The van der Waals surface area contributed by atoms with E-state index in [1.54, 1.807) is 0 Å². The van der Waals surface area contributed by atoms with Crippen molar-refractivity contribution in [1.29, 1.82) is 0 Å². The molecule has 0 spiro atoms. The number of ether oxygens (including phenoxy) is 1. The Bertz CT molecular complexity index is 433. The lowest BCUT2D eigenvalue weighted by Crippen LogP contribution is -2.36. The van der Waals surface area contributed by atoms with Crippen LogP contribution in [0.2, 0.25) is 0 Å². The Labute approximate surface area is 124 Å². The highest BCUT2D eigenvalue weighted by molar-refractivity contribution is 7.15. The summed E-state index contributed by atoms with van der Waals surface area (Å²) in [7, 11) is 0.